The zero-order chi connectivity index (χ0) is 22.3. The summed E-state index contributed by atoms with van der Waals surface area (Å²) in [6.07, 6.45) is 8.01. The fourth-order valence-electron chi connectivity index (χ4n) is 4.21. The Morgan fingerprint density at radius 1 is 0.875 bits per heavy atom. The quantitative estimate of drug-likeness (QED) is 0.666. The molecule has 168 valence electrons. The second-order valence-electron chi connectivity index (χ2n) is 8.26. The van der Waals surface area contributed by atoms with Gasteiger partial charge in [-0.05, 0) is 37.8 Å². The van der Waals surface area contributed by atoms with Gasteiger partial charge >= 0.3 is 6.03 Å². The third kappa shape index (κ3) is 5.40. The summed E-state index contributed by atoms with van der Waals surface area (Å²) in [4.78, 5) is 47.8. The van der Waals surface area contributed by atoms with E-state index in [-0.39, 0.29) is 41.3 Å². The van der Waals surface area contributed by atoms with Crippen molar-refractivity contribution in [3.05, 3.63) is 48.4 Å². The van der Waals surface area contributed by atoms with E-state index in [0.29, 0.717) is 25.9 Å². The summed E-state index contributed by atoms with van der Waals surface area (Å²) in [5.74, 6) is -0.303. The fraction of sp³-hybridized carbons (Fsp3) is 0.435. The van der Waals surface area contributed by atoms with Crippen LogP contribution < -0.4 is 16.0 Å². The van der Waals surface area contributed by atoms with Gasteiger partial charge in [0.25, 0.3) is 5.91 Å². The Labute approximate surface area is 187 Å². The molecule has 1 saturated heterocycles. The molecule has 1 aromatic carbocycles. The molecule has 4 amide bonds. The van der Waals surface area contributed by atoms with Gasteiger partial charge in [-0.3, -0.25) is 9.59 Å². The van der Waals surface area contributed by atoms with Crippen molar-refractivity contribution in [3.8, 4) is 0 Å². The van der Waals surface area contributed by atoms with Gasteiger partial charge in [0.1, 0.15) is 0 Å². The van der Waals surface area contributed by atoms with Crippen LogP contribution in [0.15, 0.2) is 42.7 Å². The lowest BCUT2D eigenvalue weighted by atomic mass is 10.0. The highest BCUT2D eigenvalue weighted by molar-refractivity contribution is 6.01. The third-order valence-electron chi connectivity index (χ3n) is 6.02. The number of likely N-dealkylation sites (tertiary alicyclic amines) is 1. The topological polar surface area (TPSA) is 116 Å². The van der Waals surface area contributed by atoms with Crippen LogP contribution in [0.5, 0.6) is 0 Å². The molecule has 1 aromatic heterocycles. The van der Waals surface area contributed by atoms with E-state index in [2.05, 4.69) is 25.9 Å². The average molecular weight is 437 g/mol. The molecule has 9 heteroatoms. The lowest BCUT2D eigenvalue weighted by molar-refractivity contribution is -0.119. The van der Waals surface area contributed by atoms with Crippen molar-refractivity contribution in [2.24, 2.45) is 5.92 Å². The molecule has 0 atom stereocenters. The molecule has 4 rings (SSSR count). The van der Waals surface area contributed by atoms with Crippen LogP contribution in [0.3, 0.4) is 0 Å². The predicted molar refractivity (Wildman–Crippen MR) is 120 cm³/mol. The first-order valence-electron chi connectivity index (χ1n) is 11.1. The van der Waals surface area contributed by atoms with Crippen LogP contribution in [0.1, 0.15) is 49.0 Å². The summed E-state index contributed by atoms with van der Waals surface area (Å²) < 4.78 is 0. The van der Waals surface area contributed by atoms with Crippen molar-refractivity contribution in [2.75, 3.05) is 23.7 Å². The van der Waals surface area contributed by atoms with E-state index >= 15 is 0 Å². The number of anilines is 2. The van der Waals surface area contributed by atoms with Crippen molar-refractivity contribution in [1.29, 1.82) is 0 Å². The first-order chi connectivity index (χ1) is 15.6. The van der Waals surface area contributed by atoms with Gasteiger partial charge in [0.2, 0.25) is 5.91 Å². The number of rotatable bonds is 5. The second kappa shape index (κ2) is 10.2. The summed E-state index contributed by atoms with van der Waals surface area (Å²) >= 11 is 0. The van der Waals surface area contributed by atoms with Crippen molar-refractivity contribution >= 4 is 29.4 Å². The van der Waals surface area contributed by atoms with Crippen molar-refractivity contribution < 1.29 is 14.4 Å². The van der Waals surface area contributed by atoms with Gasteiger partial charge in [-0.2, -0.15) is 0 Å². The lowest BCUT2D eigenvalue weighted by Crippen LogP contribution is -2.48. The molecule has 2 aliphatic rings. The number of benzene rings is 1. The van der Waals surface area contributed by atoms with Crippen LogP contribution in [0.2, 0.25) is 0 Å². The Bertz CT molecular complexity index is 953. The van der Waals surface area contributed by atoms with Gasteiger partial charge in [0, 0.05) is 43.1 Å². The molecule has 3 N–H and O–H groups in total. The lowest BCUT2D eigenvalue weighted by Gasteiger charge is -2.32. The van der Waals surface area contributed by atoms with Gasteiger partial charge in [0.05, 0.1) is 0 Å². The Morgan fingerprint density at radius 2 is 1.56 bits per heavy atom. The van der Waals surface area contributed by atoms with Crippen LogP contribution in [0, 0.1) is 5.92 Å². The minimum Gasteiger partial charge on any atom is -0.348 e. The van der Waals surface area contributed by atoms with E-state index in [0.717, 1.165) is 31.4 Å². The first-order valence-corrected chi connectivity index (χ1v) is 11.1. The highest BCUT2D eigenvalue weighted by Gasteiger charge is 2.27. The van der Waals surface area contributed by atoms with Gasteiger partial charge in [0.15, 0.2) is 11.5 Å². The SMILES string of the molecule is O=C(NC1CCN(C(=O)Nc2ccccc2)CC1)c1nccnc1NC(=O)C1CCCC1. The monoisotopic (exact) mass is 436 g/mol. The molecule has 1 aliphatic heterocycles. The van der Waals surface area contributed by atoms with E-state index < -0.39 is 0 Å². The number of hydrogen-bond donors (Lipinski definition) is 3. The van der Waals surface area contributed by atoms with E-state index in [1.54, 1.807) is 4.90 Å². The number of aromatic nitrogens is 2. The molecule has 2 aromatic rings. The second-order valence-corrected chi connectivity index (χ2v) is 8.26. The zero-order valence-electron chi connectivity index (χ0n) is 17.9. The Hall–Kier alpha value is -3.49. The minimum atomic E-state index is -0.369. The maximum atomic E-state index is 12.8. The van der Waals surface area contributed by atoms with Crippen LogP contribution in [-0.4, -0.2) is 51.8 Å². The number of nitrogens with zero attached hydrogens (tertiary/aromatic N) is 3. The Balaban J connectivity index is 1.29. The molecular formula is C23H28N6O3. The summed E-state index contributed by atoms with van der Waals surface area (Å²) in [7, 11) is 0. The number of amides is 4. The molecule has 32 heavy (non-hydrogen) atoms. The van der Waals surface area contributed by atoms with Crippen molar-refractivity contribution in [2.45, 2.75) is 44.6 Å². The number of carbonyl (C=O) groups is 3. The maximum Gasteiger partial charge on any atom is 0.321 e. The molecule has 1 saturated carbocycles. The molecule has 0 unspecified atom stereocenters. The normalized spacial score (nSPS) is 17.1. The first kappa shape index (κ1) is 21.7. The third-order valence-corrected chi connectivity index (χ3v) is 6.02. The molecule has 0 spiro atoms. The van der Waals surface area contributed by atoms with Gasteiger partial charge in [-0.15, -0.1) is 0 Å². The largest absolute Gasteiger partial charge is 0.348 e. The molecule has 0 bridgehead atoms. The number of nitrogens with one attached hydrogen (secondary N) is 3. The summed E-state index contributed by atoms with van der Waals surface area (Å²) in [5.41, 5.74) is 0.867. The summed E-state index contributed by atoms with van der Waals surface area (Å²) in [5, 5.41) is 8.64. The molecule has 1 aliphatic carbocycles. The highest BCUT2D eigenvalue weighted by atomic mass is 16.2. The Morgan fingerprint density at radius 3 is 2.28 bits per heavy atom. The number of urea groups is 1. The van der Waals surface area contributed by atoms with Crippen molar-refractivity contribution in [3.63, 3.8) is 0 Å². The minimum absolute atomic E-state index is 0.0284. The molecule has 2 fully saturated rings. The number of carbonyl (C=O) groups excluding carboxylic acids is 3. The van der Waals surface area contributed by atoms with E-state index in [1.807, 2.05) is 30.3 Å². The van der Waals surface area contributed by atoms with E-state index in [4.69, 9.17) is 0 Å². The van der Waals surface area contributed by atoms with Gasteiger partial charge in [-0.25, -0.2) is 14.8 Å². The van der Waals surface area contributed by atoms with E-state index in [9.17, 15) is 14.4 Å². The molecule has 9 nitrogen and oxygen atoms in total. The van der Waals surface area contributed by atoms with Crippen molar-refractivity contribution in [1.82, 2.24) is 20.2 Å². The standard InChI is InChI=1S/C23H28N6O3/c30-21(16-6-4-5-7-16)28-20-19(24-12-13-25-20)22(31)26-18-10-14-29(15-11-18)23(32)27-17-8-2-1-3-9-17/h1-3,8-9,12-13,16,18H,4-7,10-11,14-15H2,(H,26,31)(H,27,32)(H,25,28,30). The average Bonchev–Trinajstić information content (AvgIpc) is 3.36. The fourth-order valence-corrected chi connectivity index (χ4v) is 4.21. The van der Waals surface area contributed by atoms with Crippen LogP contribution in [0.25, 0.3) is 0 Å². The molecular weight excluding hydrogens is 408 g/mol. The smallest absolute Gasteiger partial charge is 0.321 e. The summed E-state index contributed by atoms with van der Waals surface area (Å²) in [6, 6.07) is 9.09. The summed E-state index contributed by atoms with van der Waals surface area (Å²) in [6.45, 7) is 1.07. The van der Waals surface area contributed by atoms with Crippen LogP contribution in [0.4, 0.5) is 16.3 Å². The zero-order valence-corrected chi connectivity index (χ0v) is 17.9. The van der Waals surface area contributed by atoms with E-state index in [1.165, 1.54) is 12.4 Å². The maximum absolute atomic E-state index is 12.8. The number of para-hydroxylation sites is 1. The Kier molecular flexibility index (Phi) is 6.94. The van der Waals surface area contributed by atoms with Gasteiger partial charge in [-0.1, -0.05) is 31.0 Å². The van der Waals surface area contributed by atoms with Crippen LogP contribution >= 0.6 is 0 Å². The predicted octanol–water partition coefficient (Wildman–Crippen LogP) is 3.03. The van der Waals surface area contributed by atoms with Gasteiger partial charge < -0.3 is 20.9 Å². The molecule has 2 heterocycles. The molecule has 0 radical (unpaired) electrons. The van der Waals surface area contributed by atoms with Crippen LogP contribution in [-0.2, 0) is 4.79 Å². The number of hydrogen-bond acceptors (Lipinski definition) is 5. The highest BCUT2D eigenvalue weighted by Crippen LogP contribution is 2.26. The number of piperidine rings is 1.